The van der Waals surface area contributed by atoms with E-state index in [-0.39, 0.29) is 12.0 Å². The van der Waals surface area contributed by atoms with E-state index < -0.39 is 0 Å². The van der Waals surface area contributed by atoms with E-state index in [1.54, 1.807) is 12.1 Å². The lowest BCUT2D eigenvalue weighted by Crippen LogP contribution is -2.24. The number of hydrogen-bond acceptors (Lipinski definition) is 8. The van der Waals surface area contributed by atoms with Crippen LogP contribution in [0.1, 0.15) is 35.3 Å². The number of carbonyl (C=O) groups excluding carboxylic acids is 1. The fourth-order valence-corrected chi connectivity index (χ4v) is 3.67. The van der Waals surface area contributed by atoms with E-state index in [4.69, 9.17) is 21.1 Å². The van der Waals surface area contributed by atoms with Crippen LogP contribution in [0.2, 0.25) is 5.15 Å². The number of methoxy groups -OCH3 is 1. The number of rotatable bonds is 6. The van der Waals surface area contributed by atoms with Crippen LogP contribution in [0.4, 0.5) is 5.13 Å². The first-order valence-corrected chi connectivity index (χ1v) is 10.2. The predicted octanol–water partition coefficient (Wildman–Crippen LogP) is 4.15. The average molecular weight is 432 g/mol. The predicted molar refractivity (Wildman–Crippen MR) is 110 cm³/mol. The maximum Gasteiger partial charge on any atom is 0.296 e. The summed E-state index contributed by atoms with van der Waals surface area (Å²) in [6, 6.07) is 3.45. The lowest BCUT2D eigenvalue weighted by atomic mass is 9.96. The highest BCUT2D eigenvalue weighted by molar-refractivity contribution is 7.17. The summed E-state index contributed by atoms with van der Waals surface area (Å²) in [5.41, 5.74) is 2.38. The zero-order chi connectivity index (χ0) is 20.4. The van der Waals surface area contributed by atoms with Gasteiger partial charge in [0.05, 0.1) is 18.9 Å². The quantitative estimate of drug-likeness (QED) is 0.585. The molecule has 0 bridgehead atoms. The summed E-state index contributed by atoms with van der Waals surface area (Å²) in [6.45, 7) is 1.84. The fourth-order valence-electron chi connectivity index (χ4n) is 2.86. The van der Waals surface area contributed by atoms with Crippen molar-refractivity contribution < 1.29 is 14.3 Å². The van der Waals surface area contributed by atoms with E-state index in [2.05, 4.69) is 25.5 Å². The van der Waals surface area contributed by atoms with Crippen LogP contribution in [-0.2, 0) is 0 Å². The number of carbonyl (C=O) groups is 1. The Labute approximate surface area is 176 Å². The highest BCUT2D eigenvalue weighted by atomic mass is 35.5. The Morgan fingerprint density at radius 1 is 1.21 bits per heavy atom. The highest BCUT2D eigenvalue weighted by Gasteiger charge is 2.22. The van der Waals surface area contributed by atoms with Crippen molar-refractivity contribution in [2.24, 2.45) is 0 Å². The molecule has 1 aliphatic rings. The monoisotopic (exact) mass is 431 g/mol. The summed E-state index contributed by atoms with van der Waals surface area (Å²) in [4.78, 5) is 21.3. The minimum atomic E-state index is -0.367. The zero-order valence-corrected chi connectivity index (χ0v) is 17.4. The zero-order valence-electron chi connectivity index (χ0n) is 15.8. The third-order valence-electron chi connectivity index (χ3n) is 4.58. The fraction of sp³-hybridized carbons (Fsp3) is 0.316. The standard InChI is InChI=1S/C19H18ClN5O3S/c1-10-6-12(13-7-16(20)22-9-15(13)27-2)14(8-21-10)17(26)23-18-24-25-19(29-18)28-11-4-3-5-11/h6-9,11H,3-5H2,1-2H3,(H,23,24,26). The number of aromatic nitrogens is 4. The summed E-state index contributed by atoms with van der Waals surface area (Å²) < 4.78 is 11.1. The summed E-state index contributed by atoms with van der Waals surface area (Å²) in [5, 5.41) is 11.9. The van der Waals surface area contributed by atoms with Crippen molar-refractivity contribution in [3.63, 3.8) is 0 Å². The third kappa shape index (κ3) is 4.30. The molecule has 0 spiro atoms. The molecule has 3 aromatic rings. The van der Waals surface area contributed by atoms with E-state index in [0.29, 0.717) is 37.9 Å². The molecular weight excluding hydrogens is 414 g/mol. The molecule has 0 aliphatic heterocycles. The van der Waals surface area contributed by atoms with Crippen LogP contribution >= 0.6 is 22.9 Å². The number of nitrogens with one attached hydrogen (secondary N) is 1. The SMILES string of the molecule is COc1cnc(Cl)cc1-c1cc(C)ncc1C(=O)Nc1nnc(OC2CCC2)s1. The van der Waals surface area contributed by atoms with Gasteiger partial charge >= 0.3 is 0 Å². The topological polar surface area (TPSA) is 99.1 Å². The molecule has 1 aliphatic carbocycles. The van der Waals surface area contributed by atoms with Crippen molar-refractivity contribution in [1.29, 1.82) is 0 Å². The molecule has 29 heavy (non-hydrogen) atoms. The number of halogens is 1. The van der Waals surface area contributed by atoms with Crippen LogP contribution in [-0.4, -0.2) is 39.3 Å². The molecule has 1 saturated carbocycles. The van der Waals surface area contributed by atoms with Crippen LogP contribution in [0.5, 0.6) is 10.9 Å². The minimum absolute atomic E-state index is 0.198. The van der Waals surface area contributed by atoms with Gasteiger partial charge in [-0.1, -0.05) is 16.7 Å². The van der Waals surface area contributed by atoms with E-state index in [1.807, 2.05) is 6.92 Å². The lowest BCUT2D eigenvalue weighted by Gasteiger charge is -2.24. The van der Waals surface area contributed by atoms with Gasteiger partial charge in [-0.2, -0.15) is 0 Å². The van der Waals surface area contributed by atoms with Gasteiger partial charge in [-0.05, 0) is 49.7 Å². The van der Waals surface area contributed by atoms with E-state index in [9.17, 15) is 4.79 Å². The Hall–Kier alpha value is -2.78. The molecule has 4 rings (SSSR count). The Morgan fingerprint density at radius 3 is 2.76 bits per heavy atom. The van der Waals surface area contributed by atoms with Gasteiger partial charge in [-0.15, -0.1) is 5.10 Å². The first kappa shape index (κ1) is 19.5. The third-order valence-corrected chi connectivity index (χ3v) is 5.51. The minimum Gasteiger partial charge on any atom is -0.494 e. The van der Waals surface area contributed by atoms with Gasteiger partial charge in [0.25, 0.3) is 11.1 Å². The second-order valence-corrected chi connectivity index (χ2v) is 7.90. The van der Waals surface area contributed by atoms with E-state index in [0.717, 1.165) is 18.5 Å². The Morgan fingerprint density at radius 2 is 2.03 bits per heavy atom. The number of amides is 1. The summed E-state index contributed by atoms with van der Waals surface area (Å²) in [5.74, 6) is 0.134. The van der Waals surface area contributed by atoms with Crippen molar-refractivity contribution in [3.05, 3.63) is 40.9 Å². The second kappa shape index (κ2) is 8.30. The van der Waals surface area contributed by atoms with Crippen LogP contribution in [0, 0.1) is 6.92 Å². The van der Waals surface area contributed by atoms with Gasteiger partial charge in [-0.3, -0.25) is 15.1 Å². The van der Waals surface area contributed by atoms with Crippen molar-refractivity contribution in [1.82, 2.24) is 20.2 Å². The largest absolute Gasteiger partial charge is 0.494 e. The van der Waals surface area contributed by atoms with Gasteiger partial charge in [0.15, 0.2) is 0 Å². The summed E-state index contributed by atoms with van der Waals surface area (Å²) in [6.07, 6.45) is 6.44. The summed E-state index contributed by atoms with van der Waals surface area (Å²) >= 11 is 7.27. The van der Waals surface area contributed by atoms with Crippen LogP contribution < -0.4 is 14.8 Å². The molecular formula is C19H18ClN5O3S. The van der Waals surface area contributed by atoms with Crippen LogP contribution in [0.3, 0.4) is 0 Å². The first-order valence-electron chi connectivity index (χ1n) is 9.01. The maximum atomic E-state index is 13.0. The molecule has 0 radical (unpaired) electrons. The molecule has 0 aromatic carbocycles. The number of anilines is 1. The number of pyridine rings is 2. The van der Waals surface area contributed by atoms with Gasteiger partial charge in [0.1, 0.15) is 17.0 Å². The molecule has 0 unspecified atom stereocenters. The Kier molecular flexibility index (Phi) is 5.59. The molecule has 0 saturated heterocycles. The first-order chi connectivity index (χ1) is 14.0. The number of ether oxygens (including phenoxy) is 2. The number of aryl methyl sites for hydroxylation is 1. The molecule has 150 valence electrons. The molecule has 1 amide bonds. The lowest BCUT2D eigenvalue weighted by molar-refractivity contribution is 0.102. The average Bonchev–Trinajstić information content (AvgIpc) is 3.11. The second-order valence-electron chi connectivity index (χ2n) is 6.58. The number of hydrogen-bond donors (Lipinski definition) is 1. The van der Waals surface area contributed by atoms with E-state index >= 15 is 0 Å². The Bertz CT molecular complexity index is 1050. The van der Waals surface area contributed by atoms with Gasteiger partial charge in [0, 0.05) is 23.0 Å². The molecule has 1 fully saturated rings. The normalized spacial score (nSPS) is 13.6. The molecule has 1 N–H and O–H groups in total. The van der Waals surface area contributed by atoms with E-state index in [1.165, 1.54) is 37.3 Å². The molecule has 0 atom stereocenters. The van der Waals surface area contributed by atoms with Crippen molar-refractivity contribution in [2.75, 3.05) is 12.4 Å². The van der Waals surface area contributed by atoms with Crippen molar-refractivity contribution >= 4 is 34.0 Å². The smallest absolute Gasteiger partial charge is 0.296 e. The van der Waals surface area contributed by atoms with Gasteiger partial charge < -0.3 is 9.47 Å². The molecule has 10 heteroatoms. The molecule has 3 heterocycles. The van der Waals surface area contributed by atoms with Gasteiger partial charge in [0.2, 0.25) is 5.13 Å². The highest BCUT2D eigenvalue weighted by Crippen LogP contribution is 2.34. The van der Waals surface area contributed by atoms with Gasteiger partial charge in [-0.25, -0.2) is 4.98 Å². The Balaban J connectivity index is 1.61. The molecule has 3 aromatic heterocycles. The van der Waals surface area contributed by atoms with Crippen LogP contribution in [0.25, 0.3) is 11.1 Å². The maximum absolute atomic E-state index is 13.0. The van der Waals surface area contributed by atoms with Crippen molar-refractivity contribution in [2.45, 2.75) is 32.3 Å². The summed E-state index contributed by atoms with van der Waals surface area (Å²) in [7, 11) is 1.53. The van der Waals surface area contributed by atoms with Crippen molar-refractivity contribution in [3.8, 4) is 22.1 Å². The van der Waals surface area contributed by atoms with Crippen LogP contribution in [0.15, 0.2) is 24.5 Å². The molecule has 8 nitrogen and oxygen atoms in total. The number of nitrogens with zero attached hydrogens (tertiary/aromatic N) is 4.